The molecule has 2 N–H and O–H groups in total. The van der Waals surface area contributed by atoms with E-state index in [1.807, 2.05) is 0 Å². The fourth-order valence-corrected chi connectivity index (χ4v) is 1.46. The molecule has 0 aromatic heterocycles. The molecule has 1 aromatic carbocycles. The van der Waals surface area contributed by atoms with E-state index in [1.54, 1.807) is 30.3 Å². The lowest BCUT2D eigenvalue weighted by atomic mass is 10.2. The van der Waals surface area contributed by atoms with Crippen molar-refractivity contribution in [3.05, 3.63) is 35.9 Å². The van der Waals surface area contributed by atoms with Gasteiger partial charge in [0.25, 0.3) is 5.91 Å². The molecule has 0 heterocycles. The number of carboxylic acids is 1. The Labute approximate surface area is 110 Å². The molecule has 0 aliphatic carbocycles. The van der Waals surface area contributed by atoms with Gasteiger partial charge in [0.2, 0.25) is 0 Å². The Bertz CT molecular complexity index is 353. The van der Waals surface area contributed by atoms with Gasteiger partial charge in [-0.25, -0.2) is 0 Å². The molecule has 1 amide bonds. The Morgan fingerprint density at radius 2 is 1.89 bits per heavy atom. The molecule has 1 unspecified atom stereocenters. The molecule has 1 rings (SSSR count). The minimum Gasteiger partial charge on any atom is -0.480 e. The first-order valence-electron chi connectivity index (χ1n) is 5.87. The maximum atomic E-state index is 11.2. The monoisotopic (exact) mass is 269 g/mol. The zero-order chi connectivity index (χ0) is 13.8. The number of carbonyl (C=O) groups excluding carboxylic acids is 1. The van der Waals surface area contributed by atoms with E-state index in [-0.39, 0.29) is 12.5 Å². The second kappa shape index (κ2) is 10.7. The summed E-state index contributed by atoms with van der Waals surface area (Å²) in [5.41, 5.74) is 0.462. The molecule has 0 fully saturated rings. The highest BCUT2D eigenvalue weighted by Crippen LogP contribution is 1.96. The van der Waals surface area contributed by atoms with Gasteiger partial charge in [0.1, 0.15) is 6.54 Å². The zero-order valence-electron chi connectivity index (χ0n) is 10.6. The van der Waals surface area contributed by atoms with Gasteiger partial charge in [-0.3, -0.25) is 9.59 Å². The Kier molecular flexibility index (Phi) is 9.89. The summed E-state index contributed by atoms with van der Waals surface area (Å²) in [5, 5.41) is 10.6. The van der Waals surface area contributed by atoms with E-state index in [1.165, 1.54) is 19.0 Å². The van der Waals surface area contributed by atoms with Crippen LogP contribution in [0, 0.1) is 0 Å². The second-order valence-electron chi connectivity index (χ2n) is 3.58. The molecule has 0 aliphatic heterocycles. The molecule has 100 valence electrons. The normalized spacial score (nSPS) is 9.00. The van der Waals surface area contributed by atoms with Crippen molar-refractivity contribution in [1.29, 1.82) is 0 Å². The smallest absolute Gasteiger partial charge is 0.322 e. The summed E-state index contributed by atoms with van der Waals surface area (Å²) in [7, 11) is 2.70. The molecule has 0 radical (unpaired) electrons. The van der Waals surface area contributed by atoms with Gasteiger partial charge in [-0.05, 0) is 18.3 Å². The van der Waals surface area contributed by atoms with E-state index in [0.29, 0.717) is 5.56 Å². The van der Waals surface area contributed by atoms with Crippen molar-refractivity contribution in [1.82, 2.24) is 5.32 Å². The van der Waals surface area contributed by atoms with Crippen molar-refractivity contribution >= 4 is 21.1 Å². The highest BCUT2D eigenvalue weighted by molar-refractivity contribution is 7.16. The molecular weight excluding hydrogens is 249 g/mol. The van der Waals surface area contributed by atoms with Crippen molar-refractivity contribution in [2.24, 2.45) is 0 Å². The summed E-state index contributed by atoms with van der Waals surface area (Å²) < 4.78 is 0. The van der Waals surface area contributed by atoms with Crippen LogP contribution in [0.1, 0.15) is 30.1 Å². The highest BCUT2D eigenvalue weighted by Gasteiger charge is 2.04. The molecular formula is C13H20NO3P. The summed E-state index contributed by atoms with van der Waals surface area (Å²) in [6.07, 6.45) is 3.94. The number of aliphatic carboxylic acids is 1. The predicted molar refractivity (Wildman–Crippen MR) is 75.9 cm³/mol. The van der Waals surface area contributed by atoms with Crippen LogP contribution in [0.4, 0.5) is 0 Å². The molecule has 18 heavy (non-hydrogen) atoms. The molecule has 4 nitrogen and oxygen atoms in total. The molecule has 0 aliphatic rings. The number of benzene rings is 1. The topological polar surface area (TPSA) is 66.4 Å². The third-order valence-electron chi connectivity index (χ3n) is 1.99. The fraction of sp³-hybridized carbons (Fsp3) is 0.385. The Balaban J connectivity index is 0.000000494. The number of hydrogen-bond acceptors (Lipinski definition) is 2. The van der Waals surface area contributed by atoms with Gasteiger partial charge in [-0.2, -0.15) is 0 Å². The number of carboxylic acid groups (broad SMARTS) is 1. The zero-order valence-corrected chi connectivity index (χ0v) is 11.7. The summed E-state index contributed by atoms with van der Waals surface area (Å²) in [6, 6.07) is 8.47. The minimum atomic E-state index is -1.05. The first kappa shape index (κ1) is 16.6. The van der Waals surface area contributed by atoms with Crippen molar-refractivity contribution < 1.29 is 14.7 Å². The molecule has 0 saturated carbocycles. The predicted octanol–water partition coefficient (Wildman–Crippen LogP) is 2.16. The Morgan fingerprint density at radius 1 is 1.28 bits per heavy atom. The Hall–Kier alpha value is -1.41. The number of hydrogen-bond donors (Lipinski definition) is 2. The van der Waals surface area contributed by atoms with Gasteiger partial charge in [0, 0.05) is 5.56 Å². The maximum absolute atomic E-state index is 11.2. The number of carbonyl (C=O) groups is 2. The average Bonchev–Trinajstić information content (AvgIpc) is 2.38. The minimum absolute atomic E-state index is 0.353. The van der Waals surface area contributed by atoms with Gasteiger partial charge in [-0.15, -0.1) is 9.24 Å². The van der Waals surface area contributed by atoms with Gasteiger partial charge in [0.05, 0.1) is 0 Å². The van der Waals surface area contributed by atoms with Crippen LogP contribution in [0.5, 0.6) is 0 Å². The third kappa shape index (κ3) is 8.71. The number of nitrogens with one attached hydrogen (secondary N) is 1. The lowest BCUT2D eigenvalue weighted by Gasteiger charge is -2.00. The van der Waals surface area contributed by atoms with E-state index in [9.17, 15) is 9.59 Å². The van der Waals surface area contributed by atoms with Crippen LogP contribution in [0.2, 0.25) is 0 Å². The first-order chi connectivity index (χ1) is 8.61. The van der Waals surface area contributed by atoms with E-state index >= 15 is 0 Å². The lowest BCUT2D eigenvalue weighted by Crippen LogP contribution is -2.29. The average molecular weight is 269 g/mol. The van der Waals surface area contributed by atoms with Crippen LogP contribution in [-0.4, -0.2) is 29.7 Å². The van der Waals surface area contributed by atoms with E-state index in [2.05, 4.69) is 21.5 Å². The summed E-state index contributed by atoms with van der Waals surface area (Å²) >= 11 is 0. The molecule has 0 spiro atoms. The van der Waals surface area contributed by atoms with E-state index in [0.717, 1.165) is 0 Å². The van der Waals surface area contributed by atoms with Crippen LogP contribution in [0.25, 0.3) is 0 Å². The number of unbranched alkanes of at least 4 members (excludes halogenated alkanes) is 1. The van der Waals surface area contributed by atoms with Crippen LogP contribution in [0.15, 0.2) is 30.3 Å². The summed E-state index contributed by atoms with van der Waals surface area (Å²) in [6.45, 7) is 1.85. The Morgan fingerprint density at radius 3 is 2.28 bits per heavy atom. The van der Waals surface area contributed by atoms with Crippen molar-refractivity contribution in [2.45, 2.75) is 19.8 Å². The summed E-state index contributed by atoms with van der Waals surface area (Å²) in [5.74, 6) is -1.42. The van der Waals surface area contributed by atoms with E-state index in [4.69, 9.17) is 5.11 Å². The highest BCUT2D eigenvalue weighted by atomic mass is 31.0. The SMILES string of the molecule is CCCCP.O=C(O)CNC(=O)c1ccccc1. The van der Waals surface area contributed by atoms with Crippen LogP contribution >= 0.6 is 9.24 Å². The molecule has 1 aromatic rings. The van der Waals surface area contributed by atoms with Crippen molar-refractivity contribution in [3.63, 3.8) is 0 Å². The molecule has 0 bridgehead atoms. The van der Waals surface area contributed by atoms with Crippen LogP contribution in [-0.2, 0) is 4.79 Å². The first-order valence-corrected chi connectivity index (χ1v) is 6.68. The van der Waals surface area contributed by atoms with Crippen LogP contribution < -0.4 is 5.32 Å². The number of amides is 1. The lowest BCUT2D eigenvalue weighted by molar-refractivity contribution is -0.135. The third-order valence-corrected chi connectivity index (χ3v) is 2.40. The molecule has 5 heteroatoms. The van der Waals surface area contributed by atoms with Crippen LogP contribution in [0.3, 0.4) is 0 Å². The van der Waals surface area contributed by atoms with Gasteiger partial charge < -0.3 is 10.4 Å². The second-order valence-corrected chi connectivity index (χ2v) is 4.16. The van der Waals surface area contributed by atoms with Crippen molar-refractivity contribution in [2.75, 3.05) is 12.7 Å². The standard InChI is InChI=1S/C9H9NO3.C4H11P/c11-8(12)6-10-9(13)7-4-2-1-3-5-7;1-2-3-4-5/h1-5H,6H2,(H,10,13)(H,11,12);2-5H2,1H3. The van der Waals surface area contributed by atoms with Crippen molar-refractivity contribution in [3.8, 4) is 0 Å². The molecule has 0 saturated heterocycles. The van der Waals surface area contributed by atoms with Gasteiger partial charge in [-0.1, -0.05) is 38.0 Å². The van der Waals surface area contributed by atoms with Gasteiger partial charge in [0.15, 0.2) is 0 Å². The van der Waals surface area contributed by atoms with E-state index < -0.39 is 5.97 Å². The largest absolute Gasteiger partial charge is 0.480 e. The quantitative estimate of drug-likeness (QED) is 0.805. The maximum Gasteiger partial charge on any atom is 0.322 e. The molecule has 1 atom stereocenters. The number of rotatable bonds is 5. The summed E-state index contributed by atoms with van der Waals surface area (Å²) in [4.78, 5) is 21.3. The van der Waals surface area contributed by atoms with Gasteiger partial charge >= 0.3 is 5.97 Å². The fourth-order valence-electron chi connectivity index (χ4n) is 1.05.